The predicted molar refractivity (Wildman–Crippen MR) is 151 cm³/mol. The second-order valence-corrected chi connectivity index (χ2v) is 10.7. The maximum Gasteiger partial charge on any atom is 0.356 e. The van der Waals surface area contributed by atoms with Crippen molar-refractivity contribution in [3.05, 3.63) is 82.3 Å². The SMILES string of the molecule is CCCc1ccc(CNC(=O)[C@H]2CN(c3cnc(C(=O)O)cn3)CCN2Sc2ccc(CC)cc2)c(Cl)c1. The van der Waals surface area contributed by atoms with Crippen LogP contribution in [0.15, 0.2) is 59.8 Å². The van der Waals surface area contributed by atoms with Crippen LogP contribution in [0.3, 0.4) is 0 Å². The van der Waals surface area contributed by atoms with Gasteiger partial charge in [-0.3, -0.25) is 4.79 Å². The maximum absolute atomic E-state index is 13.5. The van der Waals surface area contributed by atoms with E-state index in [1.807, 2.05) is 17.0 Å². The normalized spacial score (nSPS) is 15.9. The van der Waals surface area contributed by atoms with Gasteiger partial charge >= 0.3 is 5.97 Å². The van der Waals surface area contributed by atoms with Crippen molar-refractivity contribution in [2.24, 2.45) is 0 Å². The average molecular weight is 554 g/mol. The van der Waals surface area contributed by atoms with Gasteiger partial charge in [0.15, 0.2) is 5.69 Å². The molecular formula is C28H32ClN5O3S. The molecule has 4 rings (SSSR count). The highest BCUT2D eigenvalue weighted by Crippen LogP contribution is 2.29. The molecule has 1 amide bonds. The Balaban J connectivity index is 1.50. The highest BCUT2D eigenvalue weighted by Gasteiger charge is 2.34. The summed E-state index contributed by atoms with van der Waals surface area (Å²) in [5.74, 6) is -0.700. The number of rotatable bonds is 10. The van der Waals surface area contributed by atoms with Crippen molar-refractivity contribution in [3.63, 3.8) is 0 Å². The molecule has 0 radical (unpaired) electrons. The minimum atomic E-state index is -1.13. The van der Waals surface area contributed by atoms with Gasteiger partial charge in [-0.05, 0) is 59.7 Å². The van der Waals surface area contributed by atoms with E-state index in [0.717, 1.165) is 29.7 Å². The van der Waals surface area contributed by atoms with Crippen molar-refractivity contribution in [3.8, 4) is 0 Å². The van der Waals surface area contributed by atoms with Crippen molar-refractivity contribution in [1.29, 1.82) is 0 Å². The fraction of sp³-hybridized carbons (Fsp3) is 0.357. The number of carboxylic acid groups (broad SMARTS) is 1. The number of hydrogen-bond donors (Lipinski definition) is 2. The molecule has 8 nitrogen and oxygen atoms in total. The molecule has 1 atom stereocenters. The predicted octanol–water partition coefficient (Wildman–Crippen LogP) is 4.86. The topological polar surface area (TPSA) is 98.7 Å². The number of amides is 1. The van der Waals surface area contributed by atoms with Crippen molar-refractivity contribution in [1.82, 2.24) is 19.6 Å². The van der Waals surface area contributed by atoms with E-state index in [1.165, 1.54) is 23.5 Å². The van der Waals surface area contributed by atoms with Crippen molar-refractivity contribution < 1.29 is 14.7 Å². The molecule has 1 aliphatic heterocycles. The van der Waals surface area contributed by atoms with Crippen LogP contribution in [0.5, 0.6) is 0 Å². The Bertz CT molecular complexity index is 1260. The summed E-state index contributed by atoms with van der Waals surface area (Å²) in [4.78, 5) is 36.0. The van der Waals surface area contributed by atoms with Gasteiger partial charge in [0.05, 0.1) is 12.4 Å². The molecular weight excluding hydrogens is 522 g/mol. The van der Waals surface area contributed by atoms with Crippen LogP contribution >= 0.6 is 23.5 Å². The van der Waals surface area contributed by atoms with E-state index in [2.05, 4.69) is 63.8 Å². The van der Waals surface area contributed by atoms with Gasteiger partial charge in [0.1, 0.15) is 11.9 Å². The summed E-state index contributed by atoms with van der Waals surface area (Å²) in [6.07, 6.45) is 5.67. The zero-order valence-corrected chi connectivity index (χ0v) is 23.1. The first-order valence-corrected chi connectivity index (χ1v) is 13.9. The van der Waals surface area contributed by atoms with Crippen LogP contribution in [0.25, 0.3) is 0 Å². The number of nitrogens with one attached hydrogen (secondary N) is 1. The lowest BCUT2D eigenvalue weighted by molar-refractivity contribution is -0.125. The van der Waals surface area contributed by atoms with Crippen molar-refractivity contribution in [2.45, 2.75) is 50.6 Å². The van der Waals surface area contributed by atoms with Gasteiger partial charge < -0.3 is 15.3 Å². The Morgan fingerprint density at radius 3 is 2.47 bits per heavy atom. The number of benzene rings is 2. The molecule has 0 aliphatic carbocycles. The molecule has 200 valence electrons. The van der Waals surface area contributed by atoms with Gasteiger partial charge in [-0.2, -0.15) is 0 Å². The Kier molecular flexibility index (Phi) is 9.60. The van der Waals surface area contributed by atoms with Gasteiger partial charge in [0.25, 0.3) is 0 Å². The number of piperazine rings is 1. The number of carbonyl (C=O) groups is 2. The van der Waals surface area contributed by atoms with Crippen LogP contribution in [0.2, 0.25) is 5.02 Å². The van der Waals surface area contributed by atoms with Gasteiger partial charge in [-0.1, -0.05) is 56.1 Å². The number of carbonyl (C=O) groups excluding carboxylic acids is 1. The molecule has 1 saturated heterocycles. The lowest BCUT2D eigenvalue weighted by Crippen LogP contribution is -2.56. The molecule has 2 N–H and O–H groups in total. The molecule has 0 saturated carbocycles. The van der Waals surface area contributed by atoms with E-state index in [9.17, 15) is 9.59 Å². The minimum absolute atomic E-state index is 0.115. The molecule has 1 aromatic heterocycles. The van der Waals surface area contributed by atoms with E-state index in [1.54, 1.807) is 11.9 Å². The summed E-state index contributed by atoms with van der Waals surface area (Å²) < 4.78 is 2.10. The standard InChI is InChI=1S/C28H32ClN5O3S/c1-3-5-20-6-9-21(23(29)14-20)15-32-27(35)25-18-33(26-17-30-24(16-31-26)28(36)37)12-13-34(25)38-22-10-7-19(4-2)8-11-22/h6-11,14,16-17,25H,3-5,12-13,15,18H2,1-2H3,(H,32,35)(H,36,37)/t25-/m1/s1. The zero-order chi connectivity index (χ0) is 27.1. The largest absolute Gasteiger partial charge is 0.476 e. The van der Waals surface area contributed by atoms with E-state index in [0.29, 0.717) is 37.0 Å². The van der Waals surface area contributed by atoms with Crippen LogP contribution in [-0.2, 0) is 24.2 Å². The van der Waals surface area contributed by atoms with Crippen LogP contribution in [-0.4, -0.2) is 56.9 Å². The van der Waals surface area contributed by atoms with Crippen molar-refractivity contribution >= 4 is 41.2 Å². The summed E-state index contributed by atoms with van der Waals surface area (Å²) in [6.45, 7) is 6.19. The monoisotopic (exact) mass is 553 g/mol. The summed E-state index contributed by atoms with van der Waals surface area (Å²) in [7, 11) is 0. The third-order valence-corrected chi connectivity index (χ3v) is 7.99. The minimum Gasteiger partial charge on any atom is -0.476 e. The number of aryl methyl sites for hydroxylation is 2. The lowest BCUT2D eigenvalue weighted by Gasteiger charge is -2.40. The Labute approximate surface area is 232 Å². The smallest absolute Gasteiger partial charge is 0.356 e. The quantitative estimate of drug-likeness (QED) is 0.344. The highest BCUT2D eigenvalue weighted by molar-refractivity contribution is 7.97. The van der Waals surface area contributed by atoms with Crippen molar-refractivity contribution in [2.75, 3.05) is 24.5 Å². The summed E-state index contributed by atoms with van der Waals surface area (Å²) >= 11 is 8.06. The second-order valence-electron chi connectivity index (χ2n) is 9.15. The molecule has 2 aromatic carbocycles. The number of hydrogen-bond acceptors (Lipinski definition) is 7. The number of halogens is 1. The first kappa shape index (κ1) is 27.9. The Morgan fingerprint density at radius 1 is 1.08 bits per heavy atom. The highest BCUT2D eigenvalue weighted by atomic mass is 35.5. The fourth-order valence-electron chi connectivity index (χ4n) is 4.29. The van der Waals surface area contributed by atoms with E-state index in [4.69, 9.17) is 16.7 Å². The number of aromatic carboxylic acids is 1. The number of carboxylic acids is 1. The van der Waals surface area contributed by atoms with E-state index in [-0.39, 0.29) is 11.6 Å². The molecule has 3 aromatic rings. The average Bonchev–Trinajstić information content (AvgIpc) is 2.93. The lowest BCUT2D eigenvalue weighted by atomic mass is 10.1. The summed E-state index contributed by atoms with van der Waals surface area (Å²) in [5, 5.41) is 12.9. The molecule has 38 heavy (non-hydrogen) atoms. The van der Waals surface area contributed by atoms with Gasteiger partial charge in [0.2, 0.25) is 5.91 Å². The van der Waals surface area contributed by atoms with Gasteiger partial charge in [-0.15, -0.1) is 0 Å². The molecule has 10 heteroatoms. The van der Waals surface area contributed by atoms with Gasteiger partial charge in [-0.25, -0.2) is 19.1 Å². The summed E-state index contributed by atoms with van der Waals surface area (Å²) in [6, 6.07) is 13.9. The third-order valence-electron chi connectivity index (χ3n) is 6.48. The summed E-state index contributed by atoms with van der Waals surface area (Å²) in [5.41, 5.74) is 3.20. The first-order valence-electron chi connectivity index (χ1n) is 12.8. The van der Waals surface area contributed by atoms with Crippen LogP contribution in [0.1, 0.15) is 47.4 Å². The Hall–Kier alpha value is -3.14. The number of nitrogens with zero attached hydrogens (tertiary/aromatic N) is 4. The molecule has 0 unspecified atom stereocenters. The molecule has 0 spiro atoms. The second kappa shape index (κ2) is 13.1. The number of anilines is 1. The van der Waals surface area contributed by atoms with Gasteiger partial charge in [0, 0.05) is 36.1 Å². The molecule has 0 bridgehead atoms. The van der Waals surface area contributed by atoms with Crippen LogP contribution in [0, 0.1) is 0 Å². The van der Waals surface area contributed by atoms with Crippen LogP contribution < -0.4 is 10.2 Å². The maximum atomic E-state index is 13.5. The van der Waals surface area contributed by atoms with E-state index < -0.39 is 12.0 Å². The third kappa shape index (κ3) is 7.03. The molecule has 1 fully saturated rings. The first-order chi connectivity index (χ1) is 18.4. The molecule has 2 heterocycles. The zero-order valence-electron chi connectivity index (χ0n) is 21.6. The fourth-order valence-corrected chi connectivity index (χ4v) is 5.55. The number of aromatic nitrogens is 2. The van der Waals surface area contributed by atoms with Crippen LogP contribution in [0.4, 0.5) is 5.82 Å². The molecule has 1 aliphatic rings. The van der Waals surface area contributed by atoms with E-state index >= 15 is 0 Å². The Morgan fingerprint density at radius 2 is 1.84 bits per heavy atom.